The van der Waals surface area contributed by atoms with Crippen LogP contribution in [0.4, 0.5) is 0 Å². The molecule has 1 aromatic heterocycles. The highest BCUT2D eigenvalue weighted by Gasteiger charge is 2.32. The lowest BCUT2D eigenvalue weighted by atomic mass is 9.90. The Morgan fingerprint density at radius 3 is 2.50 bits per heavy atom. The van der Waals surface area contributed by atoms with E-state index in [1.54, 1.807) is 13.3 Å². The largest absolute Gasteiger partial charge is 0.481 e. The number of hydrogen-bond donors (Lipinski definition) is 1. The SMILES string of the molecule is CCCN(Cc1cccnc1OC)C(CC)(CC)CN. The van der Waals surface area contributed by atoms with Crippen LogP contribution in [0.25, 0.3) is 0 Å². The van der Waals surface area contributed by atoms with Crippen molar-refractivity contribution in [1.29, 1.82) is 0 Å². The molecule has 1 rings (SSSR count). The number of nitrogens with zero attached hydrogens (tertiary/aromatic N) is 2. The fraction of sp³-hybridized carbons (Fsp3) is 0.688. The zero-order valence-corrected chi connectivity index (χ0v) is 13.4. The van der Waals surface area contributed by atoms with Crippen LogP contribution in [0, 0.1) is 0 Å². The highest BCUT2D eigenvalue weighted by molar-refractivity contribution is 5.25. The van der Waals surface area contributed by atoms with E-state index in [1.807, 2.05) is 6.07 Å². The third kappa shape index (κ3) is 3.70. The summed E-state index contributed by atoms with van der Waals surface area (Å²) < 4.78 is 5.37. The van der Waals surface area contributed by atoms with Gasteiger partial charge in [0.1, 0.15) is 0 Å². The highest BCUT2D eigenvalue weighted by atomic mass is 16.5. The summed E-state index contributed by atoms with van der Waals surface area (Å²) in [4.78, 5) is 6.78. The van der Waals surface area contributed by atoms with Gasteiger partial charge in [-0.25, -0.2) is 4.98 Å². The second-order valence-corrected chi connectivity index (χ2v) is 5.23. The van der Waals surface area contributed by atoms with Crippen molar-refractivity contribution in [2.24, 2.45) is 5.73 Å². The molecule has 20 heavy (non-hydrogen) atoms. The van der Waals surface area contributed by atoms with E-state index in [2.05, 4.69) is 36.7 Å². The lowest BCUT2D eigenvalue weighted by Crippen LogP contribution is -2.53. The molecule has 0 bridgehead atoms. The van der Waals surface area contributed by atoms with Gasteiger partial charge in [-0.05, 0) is 31.9 Å². The fourth-order valence-electron chi connectivity index (χ4n) is 2.80. The van der Waals surface area contributed by atoms with Crippen LogP contribution in [0.15, 0.2) is 18.3 Å². The molecule has 0 radical (unpaired) electrons. The maximum Gasteiger partial charge on any atom is 0.217 e. The number of aromatic nitrogens is 1. The number of rotatable bonds is 9. The molecule has 0 aliphatic rings. The molecule has 0 aliphatic carbocycles. The molecule has 0 fully saturated rings. The number of methoxy groups -OCH3 is 1. The van der Waals surface area contributed by atoms with Crippen LogP contribution in [-0.4, -0.2) is 35.6 Å². The van der Waals surface area contributed by atoms with Crippen LogP contribution >= 0.6 is 0 Å². The number of nitrogens with two attached hydrogens (primary N) is 1. The summed E-state index contributed by atoms with van der Waals surface area (Å²) in [5, 5.41) is 0. The van der Waals surface area contributed by atoms with E-state index in [9.17, 15) is 0 Å². The average Bonchev–Trinajstić information content (AvgIpc) is 2.50. The average molecular weight is 279 g/mol. The molecule has 0 aromatic carbocycles. The van der Waals surface area contributed by atoms with Crippen molar-refractivity contribution in [3.8, 4) is 5.88 Å². The molecular weight excluding hydrogens is 250 g/mol. The highest BCUT2D eigenvalue weighted by Crippen LogP contribution is 2.27. The summed E-state index contributed by atoms with van der Waals surface area (Å²) in [5.74, 6) is 0.715. The van der Waals surface area contributed by atoms with Crippen molar-refractivity contribution in [2.75, 3.05) is 20.2 Å². The van der Waals surface area contributed by atoms with Crippen molar-refractivity contribution >= 4 is 0 Å². The van der Waals surface area contributed by atoms with Crippen LogP contribution in [0.2, 0.25) is 0 Å². The lowest BCUT2D eigenvalue weighted by Gasteiger charge is -2.42. The molecule has 2 N–H and O–H groups in total. The van der Waals surface area contributed by atoms with Crippen LogP contribution < -0.4 is 10.5 Å². The van der Waals surface area contributed by atoms with Gasteiger partial charge in [-0.1, -0.05) is 26.8 Å². The van der Waals surface area contributed by atoms with Gasteiger partial charge in [0.25, 0.3) is 0 Å². The summed E-state index contributed by atoms with van der Waals surface area (Å²) in [6.07, 6.45) is 5.00. The Labute approximate surface area is 123 Å². The maximum absolute atomic E-state index is 6.10. The predicted molar refractivity (Wildman–Crippen MR) is 83.9 cm³/mol. The molecule has 0 spiro atoms. The van der Waals surface area contributed by atoms with Crippen molar-refractivity contribution in [3.63, 3.8) is 0 Å². The Bertz CT molecular complexity index is 383. The van der Waals surface area contributed by atoms with E-state index in [-0.39, 0.29) is 5.54 Å². The van der Waals surface area contributed by atoms with E-state index in [0.717, 1.165) is 37.9 Å². The number of pyridine rings is 1. The molecule has 0 saturated heterocycles. The van der Waals surface area contributed by atoms with Gasteiger partial charge >= 0.3 is 0 Å². The first-order valence-electron chi connectivity index (χ1n) is 7.60. The van der Waals surface area contributed by atoms with Gasteiger partial charge in [0.15, 0.2) is 0 Å². The molecule has 1 aromatic rings. The third-order valence-corrected chi connectivity index (χ3v) is 4.27. The van der Waals surface area contributed by atoms with Gasteiger partial charge in [-0.2, -0.15) is 0 Å². The standard InChI is InChI=1S/C16H29N3O/c1-5-11-19(16(6-2,7-3)13-17)12-14-9-8-10-18-15(14)20-4/h8-10H,5-7,11-13,17H2,1-4H3. The Kier molecular flexibility index (Phi) is 6.96. The predicted octanol–water partition coefficient (Wildman–Crippen LogP) is 2.82. The molecule has 0 saturated carbocycles. The van der Waals surface area contributed by atoms with E-state index >= 15 is 0 Å². The molecule has 4 heteroatoms. The van der Waals surface area contributed by atoms with Crippen LogP contribution in [-0.2, 0) is 6.54 Å². The normalized spacial score (nSPS) is 11.9. The van der Waals surface area contributed by atoms with E-state index in [0.29, 0.717) is 12.4 Å². The second-order valence-electron chi connectivity index (χ2n) is 5.23. The van der Waals surface area contributed by atoms with Crippen molar-refractivity contribution in [2.45, 2.75) is 52.1 Å². The summed E-state index contributed by atoms with van der Waals surface area (Å²) >= 11 is 0. The smallest absolute Gasteiger partial charge is 0.217 e. The Balaban J connectivity index is 3.02. The first kappa shape index (κ1) is 16.9. The minimum atomic E-state index is 0.0663. The van der Waals surface area contributed by atoms with Crippen molar-refractivity contribution in [1.82, 2.24) is 9.88 Å². The summed E-state index contributed by atoms with van der Waals surface area (Å²) in [6.45, 7) is 9.21. The Morgan fingerprint density at radius 2 is 2.00 bits per heavy atom. The first-order chi connectivity index (χ1) is 9.67. The monoisotopic (exact) mass is 279 g/mol. The molecule has 0 atom stereocenters. The lowest BCUT2D eigenvalue weighted by molar-refractivity contribution is 0.0756. The van der Waals surface area contributed by atoms with Gasteiger partial charge in [0, 0.05) is 30.4 Å². The first-order valence-corrected chi connectivity index (χ1v) is 7.60. The summed E-state index contributed by atoms with van der Waals surface area (Å²) in [6, 6.07) is 4.05. The fourth-order valence-corrected chi connectivity index (χ4v) is 2.80. The number of ether oxygens (including phenoxy) is 1. The minimum Gasteiger partial charge on any atom is -0.481 e. The van der Waals surface area contributed by atoms with Gasteiger partial charge in [0.05, 0.1) is 7.11 Å². The minimum absolute atomic E-state index is 0.0663. The van der Waals surface area contributed by atoms with Gasteiger partial charge in [-0.3, -0.25) is 4.90 Å². The maximum atomic E-state index is 6.10. The van der Waals surface area contributed by atoms with E-state index in [1.165, 1.54) is 0 Å². The second kappa shape index (κ2) is 8.22. The topological polar surface area (TPSA) is 51.4 Å². The van der Waals surface area contributed by atoms with E-state index < -0.39 is 0 Å². The van der Waals surface area contributed by atoms with E-state index in [4.69, 9.17) is 10.5 Å². The van der Waals surface area contributed by atoms with Gasteiger partial charge < -0.3 is 10.5 Å². The molecule has 0 amide bonds. The molecule has 4 nitrogen and oxygen atoms in total. The molecule has 114 valence electrons. The molecule has 0 unspecified atom stereocenters. The summed E-state index contributed by atoms with van der Waals surface area (Å²) in [7, 11) is 1.67. The van der Waals surface area contributed by atoms with Crippen molar-refractivity contribution < 1.29 is 4.74 Å². The van der Waals surface area contributed by atoms with Crippen molar-refractivity contribution in [3.05, 3.63) is 23.9 Å². The summed E-state index contributed by atoms with van der Waals surface area (Å²) in [5.41, 5.74) is 7.29. The van der Waals surface area contributed by atoms with Crippen LogP contribution in [0.3, 0.4) is 0 Å². The zero-order chi connectivity index (χ0) is 15.0. The van der Waals surface area contributed by atoms with Crippen LogP contribution in [0.1, 0.15) is 45.6 Å². The van der Waals surface area contributed by atoms with Crippen LogP contribution in [0.5, 0.6) is 5.88 Å². The Morgan fingerprint density at radius 1 is 1.30 bits per heavy atom. The van der Waals surface area contributed by atoms with Gasteiger partial charge in [-0.15, -0.1) is 0 Å². The number of hydrogen-bond acceptors (Lipinski definition) is 4. The molecule has 1 heterocycles. The zero-order valence-electron chi connectivity index (χ0n) is 13.4. The molecule has 0 aliphatic heterocycles. The third-order valence-electron chi connectivity index (χ3n) is 4.27. The Hall–Kier alpha value is -1.13. The van der Waals surface area contributed by atoms with Gasteiger partial charge in [0.2, 0.25) is 5.88 Å². The molecular formula is C16H29N3O. The quantitative estimate of drug-likeness (QED) is 0.755.